The van der Waals surface area contributed by atoms with Gasteiger partial charge in [0, 0.05) is 91.5 Å². The van der Waals surface area contributed by atoms with Crippen molar-refractivity contribution in [2.24, 2.45) is 23.3 Å². The number of aromatic nitrogens is 3. The number of phenolic OH excluding ortho intramolecular Hbond substituents is 1. The molecule has 6 aromatic carbocycles. The molecule has 36 heteroatoms. The number of carbonyl (C=O) groups is 11. The molecule has 1 aliphatic carbocycles. The number of sulfone groups is 1. The first-order valence-corrected chi connectivity index (χ1v) is 49.0. The number of aliphatic hydroxyl groups is 1. The van der Waals surface area contributed by atoms with Crippen LogP contribution in [-0.2, 0) is 104 Å². The van der Waals surface area contributed by atoms with Crippen molar-refractivity contribution in [1.29, 1.82) is 0 Å². The first-order chi connectivity index (χ1) is 61.0. The van der Waals surface area contributed by atoms with Gasteiger partial charge in [0.25, 0.3) is 0 Å². The van der Waals surface area contributed by atoms with Crippen LogP contribution in [0.15, 0.2) is 169 Å². The molecule has 31 nitrogen and oxygen atoms in total. The molecule has 3 aliphatic rings. The number of phenols is 1. The molecule has 0 radical (unpaired) electrons. The predicted octanol–water partition coefficient (Wildman–Crippen LogP) is 8.10. The lowest BCUT2D eigenvalue weighted by Crippen LogP contribution is -2.62. The van der Waals surface area contributed by atoms with Gasteiger partial charge in [0.05, 0.1) is 60.0 Å². The molecular weight excluding hydrogens is 1720 g/mol. The number of alkyl carbamates (subject to hydrolysis) is 1. The lowest BCUT2D eigenvalue weighted by atomic mass is 9.88. The molecule has 7 aromatic rings. The van der Waals surface area contributed by atoms with Gasteiger partial charge < -0.3 is 78.0 Å². The number of aromatic hydroxyl groups is 1. The number of nitrogens with two attached hydrogens (primary N) is 2. The number of aliphatic hydroxyl groups excluding tert-OH is 1. The van der Waals surface area contributed by atoms with E-state index in [4.69, 9.17) is 30.8 Å². The average molecular weight is 1840 g/mol. The van der Waals surface area contributed by atoms with E-state index in [1.807, 2.05) is 78.9 Å². The zero-order valence-electron chi connectivity index (χ0n) is 71.7. The zero-order valence-corrected chi connectivity index (χ0v) is 75.8. The van der Waals surface area contributed by atoms with Crippen LogP contribution in [0.4, 0.5) is 10.5 Å². The first kappa shape index (κ1) is 98.7. The SMILES string of the molecule is COCCOCC(=O)NCCC(=O)N1Cc2ccccc2-c2nnn(CCCCCC(CS(=O)(=O)c3ccccc3)OC(=O)N[C@H](Cc3ccccc3)C(=O)N[C@H]3CSSC[C@@H](C(=O)N[C@H](C(N)=O)C(C)(C)SSC)NC(=O)[C@H]([C@@H](C)O)NC(=O)[C@H](CCCCN)CC(=O)[C@@H](CC4=CCc5ccccc54)NC(=O)[C@H](Cc4ccc(O)cc4)CC3=O)c2-c2ccccc21. The number of rotatable bonds is 38. The Balaban J connectivity index is 0.942. The minimum Gasteiger partial charge on any atom is -0.508 e. The largest absolute Gasteiger partial charge is 0.508 e. The van der Waals surface area contributed by atoms with Crippen LogP contribution in [0.25, 0.3) is 28.1 Å². The van der Waals surface area contributed by atoms with Crippen molar-refractivity contribution in [3.8, 4) is 28.3 Å². The van der Waals surface area contributed by atoms with Gasteiger partial charge in [-0.15, -0.1) is 5.10 Å². The van der Waals surface area contributed by atoms with Gasteiger partial charge >= 0.3 is 6.09 Å². The summed E-state index contributed by atoms with van der Waals surface area (Å²) in [5.41, 5.74) is 19.5. The number of Topliss-reactive ketones (excluding diaryl/α,β-unsaturated/α-hetero) is 2. The maximum absolute atomic E-state index is 15.8. The second kappa shape index (κ2) is 48.7. The lowest BCUT2D eigenvalue weighted by Gasteiger charge is -2.33. The summed E-state index contributed by atoms with van der Waals surface area (Å²) in [6, 6.07) is 35.6. The number of methoxy groups -OCH3 is 1. The second-order valence-electron chi connectivity index (χ2n) is 32.0. The van der Waals surface area contributed by atoms with Crippen molar-refractivity contribution >= 4 is 129 Å². The Morgan fingerprint density at radius 3 is 2.10 bits per heavy atom. The van der Waals surface area contributed by atoms with Crippen LogP contribution in [0.3, 0.4) is 0 Å². The number of anilines is 1. The molecule has 680 valence electrons. The summed E-state index contributed by atoms with van der Waals surface area (Å²) < 4.78 is 46.0. The Morgan fingerprint density at radius 2 is 1.39 bits per heavy atom. The number of nitrogens with zero attached hydrogens (tertiary/aromatic N) is 4. The monoisotopic (exact) mass is 1840 g/mol. The minimum atomic E-state index is -4.18. The molecule has 2 aliphatic heterocycles. The van der Waals surface area contributed by atoms with Gasteiger partial charge in [0.1, 0.15) is 48.3 Å². The van der Waals surface area contributed by atoms with E-state index in [2.05, 4.69) is 42.4 Å². The standard InChI is InChI=1S/C91H113N13O18S5/c1-57(105)80-89(116)97-74(88(115)100-83(84(93)111)91(2,3)126-123-5)55-125-124-54-73(77(108)51-64(47-59-35-39-65(106)40-36-59)86(113)95-71(49-61-38-37-60-25-14-16-31-68(60)61)76(107)50-62(85(112)99-80)26-20-21-42-92)96-87(114)72(48-58-23-9-6-10-24-58)98-90(117)122-66(56-127(118,119)67-29-12-7-13-30-67)28-11-8-22-44-104-82-70-33-18-19-34-75(70)103(52-63-27-15-17-32-69(63)81(82)101-102-104)79(110)41-43-94-78(109)53-121-46-45-120-4/h6-7,9-10,12-19,23-25,27,29-36,38-40,57,62,64,66,71-74,80,83,105-106H,8,11,20-22,26,28,37,41-56,92H2,1-5H3,(H2,93,111)(H,94,109)(H,95,113)(H,96,114)(H,97,116)(H,98,117)(H,99,112)(H,100,115)/t57-,62-,64-,66?,71-,72-,73+,74+,80+,83-/m1/s1. The lowest BCUT2D eigenvalue weighted by molar-refractivity contribution is -0.137. The number of ketones is 2. The predicted molar refractivity (Wildman–Crippen MR) is 491 cm³/mol. The van der Waals surface area contributed by atoms with Crippen molar-refractivity contribution in [1.82, 2.24) is 52.2 Å². The van der Waals surface area contributed by atoms with Gasteiger partial charge in [0.15, 0.2) is 21.4 Å². The molecular formula is C91H113N13O18S5. The number of hydrogen-bond acceptors (Lipinski definition) is 25. The number of amides is 9. The van der Waals surface area contributed by atoms with Crippen molar-refractivity contribution < 1.29 is 85.6 Å². The summed E-state index contributed by atoms with van der Waals surface area (Å²) in [6.07, 6.45) is 0.573. The van der Waals surface area contributed by atoms with Gasteiger partial charge in [-0.05, 0) is 142 Å². The van der Waals surface area contributed by atoms with E-state index in [1.165, 1.54) is 59.9 Å². The number of nitrogens with one attached hydrogen (secondary N) is 7. The third kappa shape index (κ3) is 28.8. The summed E-state index contributed by atoms with van der Waals surface area (Å²) >= 11 is 0. The van der Waals surface area contributed by atoms with Gasteiger partial charge in [-0.3, -0.25) is 47.9 Å². The second-order valence-corrected chi connectivity index (χ2v) is 39.7. The van der Waals surface area contributed by atoms with Crippen LogP contribution in [-0.4, -0.2) is 215 Å². The van der Waals surface area contributed by atoms with E-state index >= 15 is 19.2 Å². The molecule has 13 N–H and O–H groups in total. The fourth-order valence-corrected chi connectivity index (χ4v) is 21.5. The third-order valence-electron chi connectivity index (χ3n) is 22.1. The van der Waals surface area contributed by atoms with Crippen LogP contribution in [0.2, 0.25) is 0 Å². The maximum Gasteiger partial charge on any atom is 0.408 e. The van der Waals surface area contributed by atoms with E-state index in [0.717, 1.165) is 49.4 Å². The maximum atomic E-state index is 15.8. The molecule has 10 atom stereocenters. The van der Waals surface area contributed by atoms with Crippen LogP contribution in [0.5, 0.6) is 5.75 Å². The minimum absolute atomic E-state index is 0.00457. The van der Waals surface area contributed by atoms with Crippen LogP contribution in [0, 0.1) is 11.8 Å². The zero-order chi connectivity index (χ0) is 91.2. The summed E-state index contributed by atoms with van der Waals surface area (Å²) in [6.45, 7) is 5.77. The molecule has 10 rings (SSSR count). The highest BCUT2D eigenvalue weighted by molar-refractivity contribution is 8.77. The van der Waals surface area contributed by atoms with Crippen molar-refractivity contribution in [2.75, 3.05) is 68.4 Å². The molecule has 9 amide bonds. The number of ether oxygens (including phenoxy) is 3. The number of allylic oxidation sites excluding steroid dienone is 1. The number of benzene rings is 6. The quantitative estimate of drug-likeness (QED) is 0.0128. The topological polar surface area (TPSA) is 460 Å². The van der Waals surface area contributed by atoms with Crippen LogP contribution in [0.1, 0.15) is 119 Å². The molecule has 1 unspecified atom stereocenters. The van der Waals surface area contributed by atoms with Crippen LogP contribution < -0.4 is 53.6 Å². The highest BCUT2D eigenvalue weighted by Gasteiger charge is 2.42. The van der Waals surface area contributed by atoms with E-state index in [1.54, 1.807) is 90.3 Å². The Bertz CT molecular complexity index is 5110. The average Bonchev–Trinajstić information content (AvgIpc) is 1.66. The number of fused-ring (bicyclic) bond motifs is 6. The molecule has 3 heterocycles. The normalized spacial score (nSPS) is 18.8. The van der Waals surface area contributed by atoms with Crippen molar-refractivity contribution in [3.63, 3.8) is 0 Å². The molecule has 0 spiro atoms. The number of carbonyl (C=O) groups excluding carboxylic acids is 11. The van der Waals surface area contributed by atoms with Crippen LogP contribution >= 0.6 is 43.2 Å². The number of primary amides is 1. The van der Waals surface area contributed by atoms with Crippen molar-refractivity contribution in [2.45, 2.75) is 182 Å². The Hall–Kier alpha value is -10.4. The Morgan fingerprint density at radius 1 is 0.724 bits per heavy atom. The smallest absolute Gasteiger partial charge is 0.408 e. The number of unbranched alkanes of at least 4 members (excludes halogenated alkanes) is 3. The summed E-state index contributed by atoms with van der Waals surface area (Å²) in [4.78, 5) is 163. The third-order valence-corrected chi connectivity index (χ3v) is 29.0. The van der Waals surface area contributed by atoms with E-state index in [0.29, 0.717) is 85.4 Å². The highest BCUT2D eigenvalue weighted by Crippen LogP contribution is 2.43. The molecule has 127 heavy (non-hydrogen) atoms. The number of para-hydroxylation sites is 1. The Labute approximate surface area is 755 Å². The van der Waals surface area contributed by atoms with Gasteiger partial charge in [0.2, 0.25) is 47.3 Å². The van der Waals surface area contributed by atoms with Gasteiger partial charge in [-0.2, -0.15) is 0 Å². The fraction of sp³-hybridized carbons (Fsp3) is 0.440. The van der Waals surface area contributed by atoms with Gasteiger partial charge in [-0.25, -0.2) is 17.9 Å². The number of hydrogen-bond donors (Lipinski definition) is 11. The highest BCUT2D eigenvalue weighted by atomic mass is 33.1. The van der Waals surface area contributed by atoms with E-state index < -0.39 is 147 Å². The summed E-state index contributed by atoms with van der Waals surface area (Å²) in [5, 5.41) is 50.5. The molecule has 0 saturated carbocycles. The molecule has 1 aromatic heterocycles. The van der Waals surface area contributed by atoms with Gasteiger partial charge in [-0.1, -0.05) is 195 Å². The Kier molecular flexibility index (Phi) is 37.8. The molecule has 1 fully saturated rings. The molecule has 1 saturated heterocycles. The number of aryl methyl sites for hydroxylation is 1. The van der Waals surface area contributed by atoms with E-state index in [9.17, 15) is 52.2 Å². The summed E-state index contributed by atoms with van der Waals surface area (Å²) in [7, 11) is 1.81. The van der Waals surface area contributed by atoms with Crippen molar-refractivity contribution in [3.05, 3.63) is 192 Å². The van der Waals surface area contributed by atoms with E-state index in [-0.39, 0.29) is 105 Å². The fourth-order valence-electron chi connectivity index (χ4n) is 15.4. The molecule has 0 bridgehead atoms. The summed E-state index contributed by atoms with van der Waals surface area (Å²) in [5.74, 6) is -11.2. The first-order valence-electron chi connectivity index (χ1n) is 42.3.